The molecule has 124 valence electrons. The van der Waals surface area contributed by atoms with E-state index in [-0.39, 0.29) is 4.90 Å². The molecule has 5 unspecified atom stereocenters. The normalized spacial score (nSPS) is 32.9. The summed E-state index contributed by atoms with van der Waals surface area (Å²) in [6, 6.07) is 4.48. The van der Waals surface area contributed by atoms with Crippen LogP contribution in [0.1, 0.15) is 0 Å². The molecule has 0 radical (unpaired) electrons. The Kier molecular flexibility index (Phi) is 5.77. The molecule has 1 saturated heterocycles. The van der Waals surface area contributed by atoms with Gasteiger partial charge in [0.2, 0.25) is 10.0 Å². The Morgan fingerprint density at radius 1 is 1.14 bits per heavy atom. The minimum atomic E-state index is -4.02. The molecule has 8 nitrogen and oxygen atoms in total. The van der Waals surface area contributed by atoms with Crippen molar-refractivity contribution in [1.82, 2.24) is 4.72 Å². The van der Waals surface area contributed by atoms with Gasteiger partial charge in [0.15, 0.2) is 6.29 Å². The van der Waals surface area contributed by atoms with Crippen molar-refractivity contribution in [1.29, 1.82) is 0 Å². The number of ether oxygens (including phenoxy) is 1. The van der Waals surface area contributed by atoms with E-state index in [1.165, 1.54) is 12.1 Å². The molecule has 5 atom stereocenters. The maximum Gasteiger partial charge on any atom is 0.241 e. The predicted molar refractivity (Wildman–Crippen MR) is 83.2 cm³/mol. The van der Waals surface area contributed by atoms with Gasteiger partial charge >= 0.3 is 0 Å². The first kappa shape index (κ1) is 18.0. The highest BCUT2D eigenvalue weighted by Crippen LogP contribution is 2.22. The van der Waals surface area contributed by atoms with E-state index in [2.05, 4.69) is 4.72 Å². The lowest BCUT2D eigenvalue weighted by Crippen LogP contribution is -2.64. The van der Waals surface area contributed by atoms with E-state index >= 15 is 0 Å². The first-order valence-electron chi connectivity index (χ1n) is 6.34. The van der Waals surface area contributed by atoms with Crippen LogP contribution in [0.2, 0.25) is 0 Å². The van der Waals surface area contributed by atoms with Crippen LogP contribution in [0.5, 0.6) is 0 Å². The highest BCUT2D eigenvalue weighted by Gasteiger charge is 2.45. The van der Waals surface area contributed by atoms with E-state index in [9.17, 15) is 23.7 Å². The van der Waals surface area contributed by atoms with Crippen LogP contribution in [0.3, 0.4) is 0 Å². The Bertz CT molecular complexity index is 608. The third-order valence-corrected chi connectivity index (χ3v) is 5.51. The topological polar surface area (TPSA) is 136 Å². The van der Waals surface area contributed by atoms with Gasteiger partial charge in [-0.25, -0.2) is 13.1 Å². The maximum absolute atomic E-state index is 12.2. The summed E-state index contributed by atoms with van der Waals surface area (Å²) in [6.07, 6.45) is -6.05. The SMILES string of the molecule is O=S(=O)(NC1C(O)OC(CO)C(O)C1O)c1ccc(I)cc1. The van der Waals surface area contributed by atoms with E-state index in [0.29, 0.717) is 0 Å². The average Bonchev–Trinajstić information content (AvgIpc) is 2.48. The maximum atomic E-state index is 12.2. The Hall–Kier alpha value is -0.340. The number of hydrogen-bond acceptors (Lipinski definition) is 7. The van der Waals surface area contributed by atoms with Crippen LogP contribution >= 0.6 is 22.6 Å². The summed E-state index contributed by atoms with van der Waals surface area (Å²) in [5.41, 5.74) is 0. The van der Waals surface area contributed by atoms with Crippen LogP contribution in [0.4, 0.5) is 0 Å². The van der Waals surface area contributed by atoms with Crippen LogP contribution in [0, 0.1) is 3.57 Å². The highest BCUT2D eigenvalue weighted by atomic mass is 127. The average molecular weight is 445 g/mol. The van der Waals surface area contributed by atoms with E-state index < -0.39 is 47.3 Å². The fourth-order valence-electron chi connectivity index (χ4n) is 2.09. The second-order valence-electron chi connectivity index (χ2n) is 4.83. The third-order valence-electron chi connectivity index (χ3n) is 3.32. The van der Waals surface area contributed by atoms with Crippen molar-refractivity contribution in [2.45, 2.75) is 35.5 Å². The van der Waals surface area contributed by atoms with E-state index in [4.69, 9.17) is 9.84 Å². The van der Waals surface area contributed by atoms with Gasteiger partial charge in [-0.3, -0.25) is 0 Å². The van der Waals surface area contributed by atoms with E-state index in [1.54, 1.807) is 12.1 Å². The molecule has 1 aliphatic heterocycles. The number of hydrogen-bond donors (Lipinski definition) is 5. The molecule has 1 aromatic rings. The summed E-state index contributed by atoms with van der Waals surface area (Å²) in [5, 5.41) is 38.4. The van der Waals surface area contributed by atoms with Crippen LogP contribution < -0.4 is 4.72 Å². The lowest BCUT2D eigenvalue weighted by atomic mass is 9.98. The summed E-state index contributed by atoms with van der Waals surface area (Å²) in [6.45, 7) is -0.619. The van der Waals surface area contributed by atoms with Gasteiger partial charge in [0.05, 0.1) is 11.5 Å². The van der Waals surface area contributed by atoms with Crippen molar-refractivity contribution in [2.75, 3.05) is 6.61 Å². The summed E-state index contributed by atoms with van der Waals surface area (Å²) in [4.78, 5) is -0.0499. The van der Waals surface area contributed by atoms with Gasteiger partial charge in [-0.1, -0.05) is 0 Å². The van der Waals surface area contributed by atoms with Gasteiger partial charge in [0.1, 0.15) is 24.4 Å². The smallest absolute Gasteiger partial charge is 0.241 e. The van der Waals surface area contributed by atoms with Crippen molar-refractivity contribution in [3.8, 4) is 0 Å². The Morgan fingerprint density at radius 3 is 2.27 bits per heavy atom. The highest BCUT2D eigenvalue weighted by molar-refractivity contribution is 14.1. The summed E-state index contributed by atoms with van der Waals surface area (Å²) >= 11 is 2.02. The largest absolute Gasteiger partial charge is 0.394 e. The van der Waals surface area contributed by atoms with Crippen molar-refractivity contribution >= 4 is 32.6 Å². The third kappa shape index (κ3) is 3.76. The number of benzene rings is 1. The number of aliphatic hydroxyl groups is 4. The van der Waals surface area contributed by atoms with Gasteiger partial charge in [0.25, 0.3) is 0 Å². The second-order valence-corrected chi connectivity index (χ2v) is 7.79. The molecular formula is C12H16INO7S. The van der Waals surface area contributed by atoms with Crippen LogP contribution in [-0.2, 0) is 14.8 Å². The number of rotatable bonds is 4. The van der Waals surface area contributed by atoms with Crippen LogP contribution in [0.25, 0.3) is 0 Å². The van der Waals surface area contributed by atoms with Gasteiger partial charge < -0.3 is 25.2 Å². The lowest BCUT2D eigenvalue weighted by Gasteiger charge is -2.40. The van der Waals surface area contributed by atoms with Gasteiger partial charge in [-0.05, 0) is 46.9 Å². The molecule has 1 aromatic carbocycles. The Labute approximate surface area is 140 Å². The van der Waals surface area contributed by atoms with Gasteiger partial charge in [-0.2, -0.15) is 0 Å². The molecule has 1 fully saturated rings. The first-order chi connectivity index (χ1) is 10.3. The van der Waals surface area contributed by atoms with Crippen molar-refractivity contribution in [3.05, 3.63) is 27.8 Å². The quantitative estimate of drug-likeness (QED) is 0.351. The summed E-state index contributed by atoms with van der Waals surface area (Å²) in [5.74, 6) is 0. The first-order valence-corrected chi connectivity index (χ1v) is 8.91. The monoisotopic (exact) mass is 445 g/mol. The van der Waals surface area contributed by atoms with Gasteiger partial charge in [0, 0.05) is 3.57 Å². The minimum Gasteiger partial charge on any atom is -0.394 e. The zero-order chi connectivity index (χ0) is 16.5. The lowest BCUT2D eigenvalue weighted by molar-refractivity contribution is -0.251. The summed E-state index contributed by atoms with van der Waals surface area (Å²) < 4.78 is 32.3. The summed E-state index contributed by atoms with van der Waals surface area (Å²) in [7, 11) is -4.02. The van der Waals surface area contributed by atoms with Crippen molar-refractivity contribution < 1.29 is 33.6 Å². The second kappa shape index (κ2) is 7.05. The molecule has 0 aliphatic carbocycles. The van der Waals surface area contributed by atoms with E-state index in [0.717, 1.165) is 3.57 Å². The molecule has 0 amide bonds. The van der Waals surface area contributed by atoms with Crippen LogP contribution in [0.15, 0.2) is 29.2 Å². The van der Waals surface area contributed by atoms with Crippen molar-refractivity contribution in [3.63, 3.8) is 0 Å². The molecular weight excluding hydrogens is 429 g/mol. The van der Waals surface area contributed by atoms with E-state index in [1.807, 2.05) is 22.6 Å². The zero-order valence-corrected chi connectivity index (χ0v) is 14.2. The molecule has 0 bridgehead atoms. The molecule has 10 heteroatoms. The molecule has 0 saturated carbocycles. The molecule has 2 rings (SSSR count). The number of sulfonamides is 1. The minimum absolute atomic E-state index is 0.0499. The Balaban J connectivity index is 2.20. The molecule has 0 spiro atoms. The molecule has 22 heavy (non-hydrogen) atoms. The molecule has 1 aliphatic rings. The number of nitrogens with one attached hydrogen (secondary N) is 1. The number of aliphatic hydroxyl groups excluding tert-OH is 4. The van der Waals surface area contributed by atoms with Crippen LogP contribution in [-0.4, -0.2) is 66.1 Å². The van der Waals surface area contributed by atoms with Gasteiger partial charge in [-0.15, -0.1) is 0 Å². The zero-order valence-electron chi connectivity index (χ0n) is 11.2. The fourth-order valence-corrected chi connectivity index (χ4v) is 3.69. The molecule has 5 N–H and O–H groups in total. The van der Waals surface area contributed by atoms with Crippen molar-refractivity contribution in [2.24, 2.45) is 0 Å². The molecule has 1 heterocycles. The predicted octanol–water partition coefficient (Wildman–Crippen LogP) is -1.63. The fraction of sp³-hybridized carbons (Fsp3) is 0.500. The standard InChI is InChI=1S/C12H16INO7S/c13-6-1-3-7(4-2-6)22(19,20)14-9-11(17)10(16)8(5-15)21-12(9)18/h1-4,8-12,14-18H,5H2. The molecule has 0 aromatic heterocycles. The number of halogens is 1. The Morgan fingerprint density at radius 2 is 1.73 bits per heavy atom.